The van der Waals surface area contributed by atoms with Gasteiger partial charge in [0.15, 0.2) is 4.90 Å². The molecule has 0 radical (unpaired) electrons. The number of hydrogen-bond acceptors (Lipinski definition) is 5. The molecule has 0 fully saturated rings. The molecule has 0 spiro atoms. The van der Waals surface area contributed by atoms with Gasteiger partial charge in [0.05, 0.1) is 4.92 Å². The first kappa shape index (κ1) is 17.4. The first-order valence-electron chi connectivity index (χ1n) is 6.73. The van der Waals surface area contributed by atoms with Gasteiger partial charge in [-0.15, -0.1) is 0 Å². The van der Waals surface area contributed by atoms with E-state index in [1.807, 2.05) is 0 Å². The summed E-state index contributed by atoms with van der Waals surface area (Å²) in [6.45, 7) is 4.37. The number of nitro benzene ring substituents is 1. The first-order chi connectivity index (χ1) is 9.77. The van der Waals surface area contributed by atoms with Crippen molar-refractivity contribution in [1.29, 1.82) is 0 Å². The number of anilines is 1. The Kier molecular flexibility index (Phi) is 6.10. The summed E-state index contributed by atoms with van der Waals surface area (Å²) >= 11 is 0. The summed E-state index contributed by atoms with van der Waals surface area (Å²) in [7, 11) is -2.28. The normalized spacial score (nSPS) is 11.6. The Morgan fingerprint density at radius 1 is 1.33 bits per heavy atom. The molecule has 0 amide bonds. The van der Waals surface area contributed by atoms with Crippen LogP contribution >= 0.6 is 0 Å². The molecule has 0 bridgehead atoms. The Labute approximate surface area is 124 Å². The number of nitro groups is 1. The highest BCUT2D eigenvalue weighted by atomic mass is 32.2. The Hall–Kier alpha value is -1.67. The molecule has 21 heavy (non-hydrogen) atoms. The zero-order valence-electron chi connectivity index (χ0n) is 12.4. The first-order valence-corrected chi connectivity index (χ1v) is 8.22. The average molecular weight is 315 g/mol. The Bertz CT molecular complexity index is 599. The van der Waals surface area contributed by atoms with Crippen molar-refractivity contribution < 1.29 is 13.3 Å². The van der Waals surface area contributed by atoms with Crippen molar-refractivity contribution in [1.82, 2.24) is 4.72 Å². The lowest BCUT2D eigenvalue weighted by Gasteiger charge is -2.09. The predicted molar refractivity (Wildman–Crippen MR) is 81.9 cm³/mol. The summed E-state index contributed by atoms with van der Waals surface area (Å²) in [5, 5.41) is 13.8. The van der Waals surface area contributed by atoms with Gasteiger partial charge >= 0.3 is 0 Å². The molecule has 0 aliphatic heterocycles. The van der Waals surface area contributed by atoms with Crippen LogP contribution in [0.15, 0.2) is 23.1 Å². The van der Waals surface area contributed by atoms with Crippen molar-refractivity contribution in [2.75, 3.05) is 18.9 Å². The Morgan fingerprint density at radius 3 is 2.52 bits per heavy atom. The number of sulfonamides is 1. The second-order valence-electron chi connectivity index (χ2n) is 5.12. The minimum absolute atomic E-state index is 0.265. The van der Waals surface area contributed by atoms with Gasteiger partial charge in [-0.1, -0.05) is 13.8 Å². The molecule has 0 saturated heterocycles. The van der Waals surface area contributed by atoms with Gasteiger partial charge in [-0.2, -0.15) is 0 Å². The van der Waals surface area contributed by atoms with Crippen molar-refractivity contribution >= 4 is 21.4 Å². The topological polar surface area (TPSA) is 101 Å². The minimum Gasteiger partial charge on any atom is -0.388 e. The molecule has 1 aromatic carbocycles. The summed E-state index contributed by atoms with van der Waals surface area (Å²) < 4.78 is 26.9. The molecule has 0 heterocycles. The molecule has 7 nitrogen and oxygen atoms in total. The second kappa shape index (κ2) is 7.37. The molecular weight excluding hydrogens is 294 g/mol. The number of rotatable bonds is 8. The van der Waals surface area contributed by atoms with Crippen LogP contribution in [0.3, 0.4) is 0 Å². The highest BCUT2D eigenvalue weighted by molar-refractivity contribution is 7.89. The lowest BCUT2D eigenvalue weighted by molar-refractivity contribution is -0.387. The van der Waals surface area contributed by atoms with Crippen LogP contribution in [0.4, 0.5) is 11.4 Å². The van der Waals surface area contributed by atoms with Crippen LogP contribution < -0.4 is 10.0 Å². The predicted octanol–water partition coefficient (Wildman–Crippen LogP) is 2.35. The van der Waals surface area contributed by atoms with E-state index >= 15 is 0 Å². The maximum atomic E-state index is 12.2. The molecule has 0 aliphatic carbocycles. The van der Waals surface area contributed by atoms with Crippen LogP contribution in [0.5, 0.6) is 0 Å². The summed E-state index contributed by atoms with van der Waals surface area (Å²) in [6.07, 6.45) is 1.58. The summed E-state index contributed by atoms with van der Waals surface area (Å²) in [4.78, 5) is 9.97. The van der Waals surface area contributed by atoms with E-state index in [1.54, 1.807) is 7.05 Å². The number of hydrogen-bond donors (Lipinski definition) is 2. The highest BCUT2D eigenvalue weighted by Gasteiger charge is 2.25. The Balaban J connectivity index is 2.97. The third-order valence-electron chi connectivity index (χ3n) is 2.99. The zero-order valence-corrected chi connectivity index (χ0v) is 13.2. The van der Waals surface area contributed by atoms with E-state index in [-0.39, 0.29) is 11.4 Å². The largest absolute Gasteiger partial charge is 0.388 e. The van der Waals surface area contributed by atoms with E-state index in [0.29, 0.717) is 18.0 Å². The highest BCUT2D eigenvalue weighted by Crippen LogP contribution is 2.26. The van der Waals surface area contributed by atoms with Crippen molar-refractivity contribution in [3.63, 3.8) is 0 Å². The minimum atomic E-state index is -3.90. The quantitative estimate of drug-likeness (QED) is 0.435. The molecule has 8 heteroatoms. The third-order valence-corrected chi connectivity index (χ3v) is 4.48. The summed E-state index contributed by atoms with van der Waals surface area (Å²) in [6, 6.07) is 3.92. The molecular formula is C13H21N3O4S. The standard InChI is InChI=1S/C13H21N3O4S/c1-10(2)5-4-8-15-21(19,20)13-9-11(14-3)6-7-12(13)16(17)18/h6-7,9-10,14-15H,4-5,8H2,1-3H3. The molecule has 2 N–H and O–H groups in total. The monoisotopic (exact) mass is 315 g/mol. The summed E-state index contributed by atoms with van der Waals surface area (Å²) in [5.74, 6) is 0.483. The van der Waals surface area contributed by atoms with Crippen molar-refractivity contribution in [2.45, 2.75) is 31.6 Å². The van der Waals surface area contributed by atoms with Gasteiger partial charge in [0.2, 0.25) is 10.0 Å². The van der Waals surface area contributed by atoms with Crippen LogP contribution in [0.1, 0.15) is 26.7 Å². The number of nitrogens with zero attached hydrogens (tertiary/aromatic N) is 1. The van der Waals surface area contributed by atoms with Gasteiger partial charge in [0.1, 0.15) is 0 Å². The molecule has 0 saturated carbocycles. The van der Waals surface area contributed by atoms with Gasteiger partial charge in [-0.25, -0.2) is 13.1 Å². The molecule has 1 rings (SSSR count). The van der Waals surface area contributed by atoms with E-state index in [4.69, 9.17) is 0 Å². The van der Waals surface area contributed by atoms with E-state index in [9.17, 15) is 18.5 Å². The zero-order chi connectivity index (χ0) is 16.0. The fourth-order valence-corrected chi connectivity index (χ4v) is 3.10. The second-order valence-corrected chi connectivity index (χ2v) is 6.86. The smallest absolute Gasteiger partial charge is 0.289 e. The molecule has 0 aromatic heterocycles. The lowest BCUT2D eigenvalue weighted by Crippen LogP contribution is -2.25. The summed E-state index contributed by atoms with van der Waals surface area (Å²) in [5.41, 5.74) is 0.0773. The van der Waals surface area contributed by atoms with Crippen LogP contribution in [-0.2, 0) is 10.0 Å². The van der Waals surface area contributed by atoms with Crippen LogP contribution in [-0.4, -0.2) is 26.9 Å². The van der Waals surface area contributed by atoms with E-state index in [1.165, 1.54) is 18.2 Å². The van der Waals surface area contributed by atoms with Crippen LogP contribution in [0, 0.1) is 16.0 Å². The molecule has 0 aliphatic rings. The molecule has 1 aromatic rings. The van der Waals surface area contributed by atoms with Gasteiger partial charge in [-0.05, 0) is 30.9 Å². The maximum absolute atomic E-state index is 12.2. The SMILES string of the molecule is CNc1ccc([N+](=O)[O-])c(S(=O)(=O)NCCCC(C)C)c1. The fraction of sp³-hybridized carbons (Fsp3) is 0.538. The van der Waals surface area contributed by atoms with E-state index in [0.717, 1.165) is 6.42 Å². The number of nitrogens with one attached hydrogen (secondary N) is 2. The molecule has 0 atom stereocenters. The van der Waals surface area contributed by atoms with E-state index in [2.05, 4.69) is 23.9 Å². The van der Waals surface area contributed by atoms with Crippen molar-refractivity contribution in [2.24, 2.45) is 5.92 Å². The van der Waals surface area contributed by atoms with Crippen LogP contribution in [0.2, 0.25) is 0 Å². The number of benzene rings is 1. The van der Waals surface area contributed by atoms with Crippen LogP contribution in [0.25, 0.3) is 0 Å². The maximum Gasteiger partial charge on any atom is 0.289 e. The average Bonchev–Trinajstić information content (AvgIpc) is 2.42. The fourth-order valence-electron chi connectivity index (χ4n) is 1.83. The Morgan fingerprint density at radius 2 is 2.00 bits per heavy atom. The van der Waals surface area contributed by atoms with Gasteiger partial charge < -0.3 is 5.32 Å². The third kappa shape index (κ3) is 4.98. The van der Waals surface area contributed by atoms with Gasteiger partial charge in [0.25, 0.3) is 5.69 Å². The van der Waals surface area contributed by atoms with Gasteiger partial charge in [-0.3, -0.25) is 10.1 Å². The molecule has 0 unspecified atom stereocenters. The lowest BCUT2D eigenvalue weighted by atomic mass is 10.1. The van der Waals surface area contributed by atoms with Crippen molar-refractivity contribution in [3.8, 4) is 0 Å². The van der Waals surface area contributed by atoms with Gasteiger partial charge in [0, 0.05) is 25.3 Å². The van der Waals surface area contributed by atoms with Crippen molar-refractivity contribution in [3.05, 3.63) is 28.3 Å². The molecule has 118 valence electrons. The van der Waals surface area contributed by atoms with E-state index < -0.39 is 20.6 Å².